The molecule has 1 aromatic carbocycles. The Labute approximate surface area is 145 Å². The zero-order chi connectivity index (χ0) is 14.8. The summed E-state index contributed by atoms with van der Waals surface area (Å²) in [6, 6.07) is 10.1. The molecule has 0 aliphatic rings. The molecule has 1 rings (SSSR count). The number of halogens is 1. The monoisotopic (exact) mass is 405 g/mol. The number of aliphatic hydroxyl groups is 1. The molecule has 21 heavy (non-hydrogen) atoms. The highest BCUT2D eigenvalue weighted by Crippen LogP contribution is 2.12. The molecule has 0 aromatic heterocycles. The van der Waals surface area contributed by atoms with Crippen molar-refractivity contribution in [3.63, 3.8) is 0 Å². The van der Waals surface area contributed by atoms with Crippen LogP contribution in [-0.4, -0.2) is 29.8 Å². The lowest BCUT2D eigenvalue weighted by Gasteiger charge is -2.26. The van der Waals surface area contributed by atoms with Crippen LogP contribution in [0.4, 0.5) is 0 Å². The Bertz CT molecular complexity index is 405. The van der Waals surface area contributed by atoms with Crippen molar-refractivity contribution in [2.24, 2.45) is 4.99 Å². The van der Waals surface area contributed by atoms with Crippen LogP contribution >= 0.6 is 24.0 Å². The number of guanidine groups is 1. The Morgan fingerprint density at radius 2 is 1.71 bits per heavy atom. The quantitative estimate of drug-likeness (QED) is 0.372. The Morgan fingerprint density at radius 1 is 1.10 bits per heavy atom. The van der Waals surface area contributed by atoms with Crippen molar-refractivity contribution in [2.75, 3.05) is 13.1 Å². The molecule has 0 radical (unpaired) electrons. The molecule has 1 aromatic rings. The second-order valence-electron chi connectivity index (χ2n) is 4.97. The Balaban J connectivity index is 0.00000400. The molecule has 0 atom stereocenters. The van der Waals surface area contributed by atoms with Gasteiger partial charge in [-0.05, 0) is 25.3 Å². The van der Waals surface area contributed by atoms with Crippen LogP contribution in [-0.2, 0) is 6.54 Å². The van der Waals surface area contributed by atoms with E-state index < -0.39 is 5.60 Å². The number of hydrogen-bond acceptors (Lipinski definition) is 2. The third kappa shape index (κ3) is 7.66. The van der Waals surface area contributed by atoms with E-state index in [9.17, 15) is 5.11 Å². The van der Waals surface area contributed by atoms with Gasteiger partial charge in [-0.25, -0.2) is 4.99 Å². The fourth-order valence-electron chi connectivity index (χ4n) is 1.84. The summed E-state index contributed by atoms with van der Waals surface area (Å²) in [5.74, 6) is 0.747. The lowest BCUT2D eigenvalue weighted by atomic mass is 9.98. The summed E-state index contributed by atoms with van der Waals surface area (Å²) >= 11 is 0. The van der Waals surface area contributed by atoms with Crippen LogP contribution in [0.2, 0.25) is 0 Å². The summed E-state index contributed by atoms with van der Waals surface area (Å²) in [5, 5.41) is 16.7. The molecule has 0 unspecified atom stereocenters. The number of hydrogen-bond donors (Lipinski definition) is 3. The van der Waals surface area contributed by atoms with Gasteiger partial charge in [-0.2, -0.15) is 0 Å². The van der Waals surface area contributed by atoms with E-state index in [0.29, 0.717) is 13.1 Å². The maximum Gasteiger partial charge on any atom is 0.191 e. The van der Waals surface area contributed by atoms with Gasteiger partial charge >= 0.3 is 0 Å². The van der Waals surface area contributed by atoms with Gasteiger partial charge < -0.3 is 15.7 Å². The molecule has 0 fully saturated rings. The van der Waals surface area contributed by atoms with Crippen LogP contribution in [0.3, 0.4) is 0 Å². The zero-order valence-electron chi connectivity index (χ0n) is 13.2. The van der Waals surface area contributed by atoms with Gasteiger partial charge in [-0.15, -0.1) is 24.0 Å². The van der Waals surface area contributed by atoms with Crippen molar-refractivity contribution in [2.45, 2.75) is 45.8 Å². The molecule has 0 aliphatic carbocycles. The average molecular weight is 405 g/mol. The normalized spacial score (nSPS) is 11.7. The molecule has 0 saturated heterocycles. The van der Waals surface area contributed by atoms with Crippen molar-refractivity contribution in [1.29, 1.82) is 0 Å². The molecular formula is C16H28IN3O. The van der Waals surface area contributed by atoms with Gasteiger partial charge in [0.25, 0.3) is 0 Å². The molecule has 0 bridgehead atoms. The van der Waals surface area contributed by atoms with Crippen molar-refractivity contribution in [3.8, 4) is 0 Å². The third-order valence-electron chi connectivity index (χ3n) is 3.51. The highest BCUT2D eigenvalue weighted by atomic mass is 127. The predicted octanol–water partition coefficient (Wildman–Crippen LogP) is 2.91. The van der Waals surface area contributed by atoms with Crippen molar-refractivity contribution in [1.82, 2.24) is 10.6 Å². The third-order valence-corrected chi connectivity index (χ3v) is 3.51. The van der Waals surface area contributed by atoms with E-state index in [1.165, 1.54) is 5.56 Å². The van der Waals surface area contributed by atoms with Crippen molar-refractivity contribution >= 4 is 29.9 Å². The van der Waals surface area contributed by atoms with Crippen LogP contribution in [0.5, 0.6) is 0 Å². The zero-order valence-corrected chi connectivity index (χ0v) is 15.6. The summed E-state index contributed by atoms with van der Waals surface area (Å²) in [6.45, 7) is 7.98. The Kier molecular flexibility index (Phi) is 10.4. The largest absolute Gasteiger partial charge is 0.388 e. The minimum absolute atomic E-state index is 0. The first-order valence-corrected chi connectivity index (χ1v) is 7.42. The fraction of sp³-hybridized carbons (Fsp3) is 0.562. The molecule has 0 heterocycles. The second-order valence-corrected chi connectivity index (χ2v) is 4.97. The number of benzene rings is 1. The van der Waals surface area contributed by atoms with E-state index in [2.05, 4.69) is 27.8 Å². The lowest BCUT2D eigenvalue weighted by molar-refractivity contribution is 0.0367. The number of aliphatic imine (C=N–C) groups is 1. The van der Waals surface area contributed by atoms with Crippen LogP contribution in [0.25, 0.3) is 0 Å². The number of rotatable bonds is 7. The minimum Gasteiger partial charge on any atom is -0.388 e. The van der Waals surface area contributed by atoms with Gasteiger partial charge in [0.05, 0.1) is 12.1 Å². The summed E-state index contributed by atoms with van der Waals surface area (Å²) < 4.78 is 0. The van der Waals surface area contributed by atoms with E-state index in [4.69, 9.17) is 0 Å². The highest BCUT2D eigenvalue weighted by Gasteiger charge is 2.22. The second kappa shape index (κ2) is 10.8. The molecule has 0 aliphatic heterocycles. The van der Waals surface area contributed by atoms with Gasteiger partial charge in [0.15, 0.2) is 5.96 Å². The van der Waals surface area contributed by atoms with E-state index in [-0.39, 0.29) is 24.0 Å². The highest BCUT2D eigenvalue weighted by molar-refractivity contribution is 14.0. The van der Waals surface area contributed by atoms with E-state index in [1.807, 2.05) is 39.0 Å². The predicted molar refractivity (Wildman–Crippen MR) is 100 cm³/mol. The van der Waals surface area contributed by atoms with Crippen LogP contribution in [0.15, 0.2) is 35.3 Å². The summed E-state index contributed by atoms with van der Waals surface area (Å²) in [6.07, 6.45) is 1.46. The first-order valence-electron chi connectivity index (χ1n) is 7.42. The molecule has 5 heteroatoms. The summed E-state index contributed by atoms with van der Waals surface area (Å²) in [7, 11) is 0. The summed E-state index contributed by atoms with van der Waals surface area (Å²) in [5.41, 5.74) is 0.508. The van der Waals surface area contributed by atoms with Crippen molar-refractivity contribution < 1.29 is 5.11 Å². The Morgan fingerprint density at radius 3 is 2.24 bits per heavy atom. The molecule has 120 valence electrons. The molecule has 4 nitrogen and oxygen atoms in total. The molecule has 0 saturated carbocycles. The first kappa shape index (κ1) is 20.2. The van der Waals surface area contributed by atoms with Gasteiger partial charge in [0, 0.05) is 13.1 Å². The van der Waals surface area contributed by atoms with Crippen LogP contribution < -0.4 is 10.6 Å². The standard InChI is InChI=1S/C16H27N3O.HI/c1-4-16(20,5-2)13-19-15(17-6-3)18-12-14-10-8-7-9-11-14;/h7-11,20H,4-6,12-13H2,1-3H3,(H2,17,18,19);1H. The van der Waals surface area contributed by atoms with Gasteiger partial charge in [0.2, 0.25) is 0 Å². The number of nitrogens with zero attached hydrogens (tertiary/aromatic N) is 1. The maximum atomic E-state index is 10.3. The SMILES string of the molecule is CCNC(=NCc1ccccc1)NCC(O)(CC)CC.I. The smallest absolute Gasteiger partial charge is 0.191 e. The molecule has 3 N–H and O–H groups in total. The molecular weight excluding hydrogens is 377 g/mol. The van der Waals surface area contributed by atoms with E-state index in [1.54, 1.807) is 0 Å². The Hall–Kier alpha value is -0.820. The molecule has 0 spiro atoms. The van der Waals surface area contributed by atoms with Crippen LogP contribution in [0, 0.1) is 0 Å². The minimum atomic E-state index is -0.664. The fourth-order valence-corrected chi connectivity index (χ4v) is 1.84. The number of nitrogens with one attached hydrogen (secondary N) is 2. The van der Waals surface area contributed by atoms with Gasteiger partial charge in [-0.1, -0.05) is 44.2 Å². The van der Waals surface area contributed by atoms with Crippen LogP contribution in [0.1, 0.15) is 39.2 Å². The van der Waals surface area contributed by atoms with E-state index >= 15 is 0 Å². The molecule has 0 amide bonds. The first-order chi connectivity index (χ1) is 9.63. The lowest BCUT2D eigenvalue weighted by Crippen LogP contribution is -2.46. The van der Waals surface area contributed by atoms with Gasteiger partial charge in [0.1, 0.15) is 0 Å². The topological polar surface area (TPSA) is 56.7 Å². The summed E-state index contributed by atoms with van der Waals surface area (Å²) in [4.78, 5) is 4.54. The van der Waals surface area contributed by atoms with Gasteiger partial charge in [-0.3, -0.25) is 0 Å². The van der Waals surface area contributed by atoms with Crippen molar-refractivity contribution in [3.05, 3.63) is 35.9 Å². The maximum absolute atomic E-state index is 10.3. The average Bonchev–Trinajstić information content (AvgIpc) is 2.50. The van der Waals surface area contributed by atoms with E-state index in [0.717, 1.165) is 25.3 Å².